The topological polar surface area (TPSA) is 99.5 Å². The molecule has 8 atom stereocenters. The summed E-state index contributed by atoms with van der Waals surface area (Å²) in [6, 6.07) is 62.5. The highest BCUT2D eigenvalue weighted by molar-refractivity contribution is 9.33. The van der Waals surface area contributed by atoms with Gasteiger partial charge in [0, 0.05) is 30.6 Å². The number of hydrogen-bond donors (Lipinski definition) is 4. The number of hydrogen-bond acceptors (Lipinski definition) is 13. The molecule has 6 aromatic carbocycles. The van der Waals surface area contributed by atoms with Crippen LogP contribution in [-0.2, 0) is 31.3 Å². The van der Waals surface area contributed by atoms with E-state index >= 15 is 0 Å². The van der Waals surface area contributed by atoms with Crippen LogP contribution in [0.2, 0.25) is 12.1 Å². The molecular formula is C70H94Cl2N2O6S5Si2. The summed E-state index contributed by atoms with van der Waals surface area (Å²) in [5.74, 6) is 0. The summed E-state index contributed by atoms with van der Waals surface area (Å²) in [7, 11) is 3.80. The lowest BCUT2D eigenvalue weighted by atomic mass is 10.0. The van der Waals surface area contributed by atoms with E-state index in [1.165, 1.54) is 57.8 Å². The van der Waals surface area contributed by atoms with E-state index in [9.17, 15) is 19.8 Å². The highest BCUT2D eigenvalue weighted by Crippen LogP contribution is 2.43. The Bertz CT molecular complexity index is 2690. The van der Waals surface area contributed by atoms with Gasteiger partial charge in [0.05, 0.1) is 24.4 Å². The van der Waals surface area contributed by atoms with E-state index in [1.807, 2.05) is 164 Å². The molecule has 0 amide bonds. The molecule has 0 spiro atoms. The molecule has 2 aliphatic heterocycles. The Morgan fingerprint density at radius 2 is 0.931 bits per heavy atom. The highest BCUT2D eigenvalue weighted by Gasteiger charge is 2.52. The summed E-state index contributed by atoms with van der Waals surface area (Å²) < 4.78 is 16.7. The van der Waals surface area contributed by atoms with Crippen LogP contribution in [-0.4, -0.2) is 85.9 Å². The van der Waals surface area contributed by atoms with Crippen LogP contribution in [0.1, 0.15) is 100.0 Å². The van der Waals surface area contributed by atoms with Crippen molar-refractivity contribution in [3.8, 4) is 0 Å². The second-order valence-corrected chi connectivity index (χ2v) is 34.0. The number of allylic oxidation sites excluding steroid dienone is 3. The highest BCUT2D eigenvalue weighted by atomic mass is 35.6. The molecule has 0 saturated carbocycles. The number of rotatable bonds is 22. The molecule has 87 heavy (non-hydrogen) atoms. The zero-order valence-electron chi connectivity index (χ0n) is 49.3. The Hall–Kier alpha value is -4.38. The smallest absolute Gasteiger partial charge is 0.377 e. The molecule has 2 saturated heterocycles. The molecule has 472 valence electrons. The molecule has 2 heterocycles. The standard InChI is InChI=1S/2C13H18ClNOSi.C12H16O.C12H14O.C9H10O.C9H8O.2CH4.H2S5/c2*1-4-10-17(14)15(3)11(2)13(16-17)12-8-6-5-7-9-12;2*1-2-6-12(13)10-9-11-7-4-3-5-8-11;2*10-8-4-7-9-5-2-1-3-6-9;;;1-3-5-4-2/h2*4-9,11,13H,1,10H2,2-3H3;2-5,7-8,12-13H,1,6,9-10H2;2-5,7-10,12-13H,1,6H2;1-3,5-6,8H,4,7H2;1-8H;2*1H4;1-2H/b;;;10-9+;;7-4+;;;/t2*11-,13+,17?;2*12-;;;;;/m0000...../s1. The maximum atomic E-state index is 9.98. The molecule has 17 heteroatoms. The normalized spacial score (nSPS) is 19.7. The third-order valence-corrected chi connectivity index (χ3v) is 26.9. The summed E-state index contributed by atoms with van der Waals surface area (Å²) in [6.45, 7) is 19.0. The molecule has 2 aliphatic rings. The summed E-state index contributed by atoms with van der Waals surface area (Å²) in [5.41, 5.74) is 7.07. The predicted octanol–water partition coefficient (Wildman–Crippen LogP) is 19.8. The van der Waals surface area contributed by atoms with E-state index in [2.05, 4.69) is 123 Å². The average Bonchev–Trinajstić information content (AvgIpc) is 1.94. The second-order valence-electron chi connectivity index (χ2n) is 19.3. The van der Waals surface area contributed by atoms with Gasteiger partial charge in [-0.25, -0.2) is 0 Å². The van der Waals surface area contributed by atoms with Gasteiger partial charge in [0.15, 0.2) is 0 Å². The molecule has 0 aliphatic carbocycles. The largest absolute Gasteiger partial charge is 0.393 e. The number of likely N-dealkylation sites (N-methyl/N-ethyl adjacent to an activating group) is 2. The number of aryl methyl sites for hydroxylation is 2. The fourth-order valence-corrected chi connectivity index (χ4v) is 18.6. The van der Waals surface area contributed by atoms with Crippen LogP contribution in [0.25, 0.3) is 12.2 Å². The van der Waals surface area contributed by atoms with Gasteiger partial charge in [-0.3, -0.25) is 13.9 Å². The minimum atomic E-state index is -2.31. The minimum Gasteiger partial charge on any atom is -0.393 e. The van der Waals surface area contributed by atoms with Crippen molar-refractivity contribution >= 4 is 115 Å². The first-order valence-electron chi connectivity index (χ1n) is 27.9. The lowest BCUT2D eigenvalue weighted by molar-refractivity contribution is -0.107. The Labute approximate surface area is 556 Å². The van der Waals surface area contributed by atoms with Crippen molar-refractivity contribution in [3.05, 3.63) is 278 Å². The first kappa shape index (κ1) is 82.6. The molecule has 8 nitrogen and oxygen atoms in total. The Morgan fingerprint density at radius 1 is 0.563 bits per heavy atom. The van der Waals surface area contributed by atoms with E-state index < -0.39 is 21.7 Å². The van der Waals surface area contributed by atoms with Crippen molar-refractivity contribution in [1.29, 1.82) is 0 Å². The van der Waals surface area contributed by atoms with Gasteiger partial charge in [-0.15, -0.1) is 48.5 Å². The monoisotopic (exact) mass is 1340 g/mol. The van der Waals surface area contributed by atoms with Crippen LogP contribution in [0.15, 0.2) is 245 Å². The van der Waals surface area contributed by atoms with Crippen molar-refractivity contribution in [3.63, 3.8) is 0 Å². The summed E-state index contributed by atoms with van der Waals surface area (Å²) in [6.07, 6.45) is 19.9. The van der Waals surface area contributed by atoms with Crippen molar-refractivity contribution in [1.82, 2.24) is 9.13 Å². The zero-order valence-corrected chi connectivity index (χ0v) is 57.1. The molecule has 6 aromatic rings. The third kappa shape index (κ3) is 33.9. The fourth-order valence-electron chi connectivity index (χ4n) is 8.41. The molecule has 8 rings (SSSR count). The number of carbonyl (C=O) groups is 2. The SMILES string of the molecule is C.C.C=CC[C@H](O)/C=C/c1ccccc1.C=CC[C@H](O)CCc1ccccc1.C=CC[Si]1(Cl)O[C@@H](c2ccccc2)[C@H](C)N1C.C=CC[Si]1(Cl)O[C@@H](c2ccccc2)[C@H](C)N1C.O=C/C=C/c1ccccc1.O=CCCc1ccccc1.SSSSS. The number of thiol groups is 2. The van der Waals surface area contributed by atoms with Crippen molar-refractivity contribution in [2.45, 2.75) is 116 Å². The molecule has 2 fully saturated rings. The first-order chi connectivity index (χ1) is 41.1. The van der Waals surface area contributed by atoms with Crippen LogP contribution in [0.4, 0.5) is 0 Å². The van der Waals surface area contributed by atoms with E-state index in [4.69, 9.17) is 31.0 Å². The lowest BCUT2D eigenvalue weighted by Gasteiger charge is -2.25. The number of benzene rings is 6. The number of nitrogens with zero attached hydrogens (tertiary/aromatic N) is 2. The van der Waals surface area contributed by atoms with Crippen molar-refractivity contribution in [2.75, 3.05) is 14.1 Å². The van der Waals surface area contributed by atoms with Crippen LogP contribution < -0.4 is 0 Å². The van der Waals surface area contributed by atoms with E-state index in [1.54, 1.807) is 24.3 Å². The number of aliphatic hydroxyl groups excluding tert-OH is 2. The Kier molecular flexibility index (Phi) is 47.8. The van der Waals surface area contributed by atoms with Crippen molar-refractivity contribution in [2.24, 2.45) is 0 Å². The van der Waals surface area contributed by atoms with Crippen LogP contribution >= 0.6 is 75.0 Å². The van der Waals surface area contributed by atoms with E-state index in [0.29, 0.717) is 31.3 Å². The van der Waals surface area contributed by atoms with Gasteiger partial charge in [-0.2, -0.15) is 0 Å². The summed E-state index contributed by atoms with van der Waals surface area (Å²) >= 11 is 20.9. The molecule has 2 unspecified atom stereocenters. The maximum absolute atomic E-state index is 9.98. The molecule has 0 aromatic heterocycles. The average molecular weight is 1350 g/mol. The minimum absolute atomic E-state index is 0. The Balaban J connectivity index is 0.00000101. The van der Waals surface area contributed by atoms with Gasteiger partial charge in [0.2, 0.25) is 0 Å². The van der Waals surface area contributed by atoms with Crippen molar-refractivity contribution < 1.29 is 28.7 Å². The number of halogens is 2. The van der Waals surface area contributed by atoms with Crippen LogP contribution in [0.3, 0.4) is 0 Å². The number of carbonyl (C=O) groups excluding carboxylic acids is 2. The zero-order chi connectivity index (χ0) is 62.6. The summed E-state index contributed by atoms with van der Waals surface area (Å²) in [5, 5.41) is 18.8. The summed E-state index contributed by atoms with van der Waals surface area (Å²) in [4.78, 5) is 19.9. The quantitative estimate of drug-likeness (QED) is 0.00995. The van der Waals surface area contributed by atoms with Gasteiger partial charge in [0.25, 0.3) is 0 Å². The molecule has 0 radical (unpaired) electrons. The second kappa shape index (κ2) is 50.4. The van der Waals surface area contributed by atoms with Crippen LogP contribution in [0, 0.1) is 0 Å². The number of aldehydes is 2. The molecule has 0 bridgehead atoms. The van der Waals surface area contributed by atoms with Gasteiger partial charge < -0.3 is 23.9 Å². The lowest BCUT2D eigenvalue weighted by Crippen LogP contribution is -2.44. The molecule has 2 N–H and O–H groups in total. The van der Waals surface area contributed by atoms with E-state index in [0.717, 1.165) is 55.0 Å². The van der Waals surface area contributed by atoms with E-state index in [-0.39, 0.29) is 33.2 Å². The molecular weight excluding hydrogens is 1250 g/mol. The Morgan fingerprint density at radius 3 is 1.28 bits per heavy atom. The van der Waals surface area contributed by atoms with Gasteiger partial charge in [-0.1, -0.05) is 263 Å². The van der Waals surface area contributed by atoms with Crippen LogP contribution in [0.5, 0.6) is 0 Å². The fraction of sp³-hybridized carbons (Fsp3) is 0.286. The number of aliphatic hydroxyl groups is 2. The van der Waals surface area contributed by atoms with Gasteiger partial charge >= 0.3 is 15.6 Å². The predicted molar refractivity (Wildman–Crippen MR) is 397 cm³/mol. The van der Waals surface area contributed by atoms with Gasteiger partial charge in [0.1, 0.15) is 12.6 Å². The van der Waals surface area contributed by atoms with Gasteiger partial charge in [-0.05, 0) is 129 Å². The third-order valence-electron chi connectivity index (χ3n) is 13.2. The maximum Gasteiger partial charge on any atom is 0.377 e. The first-order valence-corrected chi connectivity index (χ1v) is 39.6.